The molecule has 5 heteroatoms. The summed E-state index contributed by atoms with van der Waals surface area (Å²) in [5.74, 6) is 0. The molecular weight excluding hydrogens is 292 g/mol. The van der Waals surface area contributed by atoms with Crippen LogP contribution in [0.25, 0.3) is 0 Å². The number of rotatable bonds is 0. The fourth-order valence-corrected chi connectivity index (χ4v) is 0. The summed E-state index contributed by atoms with van der Waals surface area (Å²) >= 11 is -4.20. The predicted octanol–water partition coefficient (Wildman–Crippen LogP) is -4.33. The molecule has 0 aromatic rings. The van der Waals surface area contributed by atoms with Gasteiger partial charge in [0.05, 0.1) is 0 Å². The maximum atomic E-state index is 8.60. The van der Waals surface area contributed by atoms with Gasteiger partial charge in [0.15, 0.2) is 0 Å². The molecule has 0 rings (SSSR count). The summed E-state index contributed by atoms with van der Waals surface area (Å²) in [5.41, 5.74) is 0. The second-order valence-corrected chi connectivity index (χ2v) is 1.50. The first-order valence-electron chi connectivity index (χ1n) is 0.548. The molecule has 5 heavy (non-hydrogen) atoms. The van der Waals surface area contributed by atoms with Crippen molar-refractivity contribution >= 4 is 45.9 Å². The Bertz CT molecular complexity index is 9.61. The smallest absolute Gasteiger partial charge is 3.00 e. The molecule has 0 spiro atoms. The maximum absolute atomic E-state index is 8.60. The van der Waals surface area contributed by atoms with Crippen LogP contribution in [0.2, 0.25) is 0 Å². The van der Waals surface area contributed by atoms with Crippen molar-refractivity contribution in [3.8, 4) is 0 Å². The summed E-state index contributed by atoms with van der Waals surface area (Å²) in [7, 11) is 0. The first-order valence-corrected chi connectivity index (χ1v) is 3.67. The van der Waals surface area contributed by atoms with Gasteiger partial charge in [-0.15, -0.1) is 0 Å². The number of hydrogen-bond donors (Lipinski definition) is 0. The van der Waals surface area contributed by atoms with Crippen LogP contribution in [-0.2, 0) is 0 Å². The van der Waals surface area contributed by atoms with E-state index in [0.29, 0.717) is 0 Å². The van der Waals surface area contributed by atoms with Crippen molar-refractivity contribution in [1.82, 2.24) is 0 Å². The van der Waals surface area contributed by atoms with E-state index in [-0.39, 0.29) is 24.4 Å². The first kappa shape index (κ1) is 9.72. The zero-order valence-corrected chi connectivity index (χ0v) is 7.22. The average molecular weight is 292 g/mol. The van der Waals surface area contributed by atoms with Gasteiger partial charge in [-0.3, -0.25) is 0 Å². The fourth-order valence-electron chi connectivity index (χ4n) is 0. The van der Waals surface area contributed by atoms with Crippen molar-refractivity contribution in [1.29, 1.82) is 0 Å². The van der Waals surface area contributed by atoms with Gasteiger partial charge in [-0.05, 0) is 0 Å². The summed E-state index contributed by atoms with van der Waals surface area (Å²) in [6, 6.07) is 0. The molecule has 0 heterocycles. The Balaban J connectivity index is 0. The standard InChI is InChI=1S/3O.2Sb/q3*-1;;+3. The van der Waals surface area contributed by atoms with Gasteiger partial charge in [0, 0.05) is 0 Å². The van der Waals surface area contributed by atoms with Gasteiger partial charge in [-0.25, -0.2) is 0 Å². The third-order valence-corrected chi connectivity index (χ3v) is 0. The summed E-state index contributed by atoms with van der Waals surface area (Å²) in [4.78, 5) is 0. The largest absolute Gasteiger partial charge is 3.00 e. The molecular formula is O3Sb2. The molecule has 0 saturated heterocycles. The van der Waals surface area contributed by atoms with Gasteiger partial charge in [-0.2, -0.15) is 0 Å². The van der Waals surface area contributed by atoms with Crippen LogP contribution in [0.5, 0.6) is 0 Å². The Labute approximate surface area is 55.7 Å². The van der Waals surface area contributed by atoms with Crippen LogP contribution in [0.3, 0.4) is 0 Å². The second-order valence-electron chi connectivity index (χ2n) is 0.224. The molecule has 0 fully saturated rings. The van der Waals surface area contributed by atoms with Gasteiger partial charge in [0.25, 0.3) is 0 Å². The molecule has 0 aliphatic heterocycles. The third-order valence-electron chi connectivity index (χ3n) is 0. The summed E-state index contributed by atoms with van der Waals surface area (Å²) in [6.45, 7) is 0. The Morgan fingerprint density at radius 2 is 1.00 bits per heavy atom. The van der Waals surface area contributed by atoms with Crippen molar-refractivity contribution in [2.24, 2.45) is 0 Å². The van der Waals surface area contributed by atoms with Crippen LogP contribution in [0.1, 0.15) is 0 Å². The molecule has 0 aromatic heterocycles. The Hall–Kier alpha value is 1.52. The second kappa shape index (κ2) is 5.52. The van der Waals surface area contributed by atoms with E-state index in [1.807, 2.05) is 0 Å². The van der Waals surface area contributed by atoms with Crippen LogP contribution >= 0.6 is 0 Å². The summed E-state index contributed by atoms with van der Waals surface area (Å²) < 4.78 is 25.8. The third kappa shape index (κ3) is 29.7. The van der Waals surface area contributed by atoms with E-state index in [9.17, 15) is 0 Å². The van der Waals surface area contributed by atoms with Crippen LogP contribution in [0.4, 0.5) is 0 Å². The van der Waals surface area contributed by atoms with Gasteiger partial charge >= 0.3 is 56.1 Å². The predicted molar refractivity (Wildman–Crippen MR) is 11.5 cm³/mol. The molecule has 0 saturated carbocycles. The van der Waals surface area contributed by atoms with E-state index >= 15 is 0 Å². The van der Waals surface area contributed by atoms with Crippen LogP contribution in [0, 0.1) is 0 Å². The zero-order valence-electron chi connectivity index (χ0n) is 2.12. The maximum Gasteiger partial charge on any atom is 3.00 e. The van der Waals surface area contributed by atoms with Crippen LogP contribution < -0.4 is 10.2 Å². The minimum atomic E-state index is -4.20. The van der Waals surface area contributed by atoms with E-state index < -0.39 is 21.5 Å². The van der Waals surface area contributed by atoms with Gasteiger partial charge in [0.1, 0.15) is 0 Å². The van der Waals surface area contributed by atoms with E-state index in [1.165, 1.54) is 0 Å². The van der Waals surface area contributed by atoms with E-state index in [0.717, 1.165) is 0 Å². The zero-order chi connectivity index (χ0) is 3.58. The van der Waals surface area contributed by atoms with Crippen molar-refractivity contribution in [2.45, 2.75) is 0 Å². The molecule has 0 aromatic carbocycles. The Morgan fingerprint density at radius 3 is 1.00 bits per heavy atom. The van der Waals surface area contributed by atoms with Crippen molar-refractivity contribution in [3.63, 3.8) is 0 Å². The average Bonchev–Trinajstić information content (AvgIpc) is 0.811. The molecule has 0 aliphatic rings. The van der Waals surface area contributed by atoms with Gasteiger partial charge in [0.2, 0.25) is 0 Å². The Kier molecular flexibility index (Phi) is 10.7. The summed E-state index contributed by atoms with van der Waals surface area (Å²) in [6.07, 6.45) is 0. The molecule has 3 nitrogen and oxygen atoms in total. The molecule has 0 bridgehead atoms. The quantitative estimate of drug-likeness (QED) is 0.424. The minimum absolute atomic E-state index is 0. The van der Waals surface area contributed by atoms with E-state index in [1.54, 1.807) is 0 Å². The monoisotopic (exact) mass is 290 g/mol. The minimum Gasteiger partial charge on any atom is 3.00 e. The summed E-state index contributed by atoms with van der Waals surface area (Å²) in [5, 5.41) is 0. The molecule has 0 unspecified atom stereocenters. The molecule has 28 valence electrons. The molecule has 0 atom stereocenters. The first-order chi connectivity index (χ1) is 1.73. The van der Waals surface area contributed by atoms with Crippen LogP contribution in [0.15, 0.2) is 0 Å². The normalized spacial score (nSPS) is 7.20. The van der Waals surface area contributed by atoms with Crippen LogP contribution in [-0.4, -0.2) is 45.9 Å². The van der Waals surface area contributed by atoms with Crippen molar-refractivity contribution < 1.29 is 10.2 Å². The van der Waals surface area contributed by atoms with Gasteiger partial charge in [-0.1, -0.05) is 0 Å². The molecule has 2 radical (unpaired) electrons. The Morgan fingerprint density at radius 1 is 1.00 bits per heavy atom. The topological polar surface area (TPSA) is 69.2 Å². The van der Waals surface area contributed by atoms with E-state index in [4.69, 9.17) is 10.2 Å². The molecule has 0 aliphatic carbocycles. The van der Waals surface area contributed by atoms with Gasteiger partial charge < -0.3 is 0 Å². The fraction of sp³-hybridized carbons (Fsp3) is 0. The SMILES string of the molecule is [O-][Sb]([O-])[O-].[Sb+3]. The number of hydrogen-bond acceptors (Lipinski definition) is 3. The van der Waals surface area contributed by atoms with Crippen molar-refractivity contribution in [2.75, 3.05) is 0 Å². The molecule has 0 amide bonds. The van der Waals surface area contributed by atoms with Crippen molar-refractivity contribution in [3.05, 3.63) is 0 Å². The molecule has 0 N–H and O–H groups in total. The van der Waals surface area contributed by atoms with E-state index in [2.05, 4.69) is 0 Å².